The van der Waals surface area contributed by atoms with Crippen molar-refractivity contribution in [2.75, 3.05) is 0 Å². The number of hydrogen-bond acceptors (Lipinski definition) is 3. The Labute approximate surface area is 104 Å². The zero-order valence-electron chi connectivity index (χ0n) is 7.94. The zero-order valence-corrected chi connectivity index (χ0v) is 10.3. The maximum absolute atomic E-state index is 10.8. The SMILES string of the molecule is O=C(O)Cc1c(CBr)ccc(Cl)c1[N+](=O)[O-]. The van der Waals surface area contributed by atoms with Crippen LogP contribution < -0.4 is 0 Å². The Morgan fingerprint density at radius 2 is 2.19 bits per heavy atom. The molecule has 0 fully saturated rings. The summed E-state index contributed by atoms with van der Waals surface area (Å²) in [5.41, 5.74) is 0.362. The molecular weight excluding hydrogens is 301 g/mol. The highest BCUT2D eigenvalue weighted by molar-refractivity contribution is 9.08. The van der Waals surface area contributed by atoms with Gasteiger partial charge in [0.15, 0.2) is 0 Å². The lowest BCUT2D eigenvalue weighted by molar-refractivity contribution is -0.385. The normalized spacial score (nSPS) is 10.1. The number of nitro benzene ring substituents is 1. The lowest BCUT2D eigenvalue weighted by Crippen LogP contribution is -2.07. The molecule has 86 valence electrons. The van der Waals surface area contributed by atoms with Gasteiger partial charge in [0.2, 0.25) is 0 Å². The summed E-state index contributed by atoms with van der Waals surface area (Å²) in [6.07, 6.45) is -0.419. The van der Waals surface area contributed by atoms with E-state index >= 15 is 0 Å². The summed E-state index contributed by atoms with van der Waals surface area (Å²) in [6, 6.07) is 2.96. The van der Waals surface area contributed by atoms with E-state index in [9.17, 15) is 14.9 Å². The minimum absolute atomic E-state index is 0.0500. The van der Waals surface area contributed by atoms with Gasteiger partial charge in [-0.1, -0.05) is 33.6 Å². The highest BCUT2D eigenvalue weighted by atomic mass is 79.9. The first-order chi connectivity index (χ1) is 7.47. The molecule has 0 aliphatic carbocycles. The van der Waals surface area contributed by atoms with E-state index in [2.05, 4.69) is 15.9 Å². The van der Waals surface area contributed by atoms with Crippen LogP contribution in [-0.4, -0.2) is 16.0 Å². The number of carboxylic acid groups (broad SMARTS) is 1. The third-order valence-corrected chi connectivity index (χ3v) is 2.89. The quantitative estimate of drug-likeness (QED) is 0.527. The Hall–Kier alpha value is -1.14. The predicted molar refractivity (Wildman–Crippen MR) is 62.1 cm³/mol. The molecule has 0 aliphatic heterocycles. The molecule has 7 heteroatoms. The van der Waals surface area contributed by atoms with Crippen LogP contribution in [0.5, 0.6) is 0 Å². The monoisotopic (exact) mass is 307 g/mol. The first-order valence-electron chi connectivity index (χ1n) is 4.19. The number of benzene rings is 1. The Morgan fingerprint density at radius 1 is 1.56 bits per heavy atom. The van der Waals surface area contributed by atoms with Gasteiger partial charge in [-0.15, -0.1) is 0 Å². The zero-order chi connectivity index (χ0) is 12.3. The molecule has 0 heterocycles. The molecule has 1 rings (SSSR count). The van der Waals surface area contributed by atoms with Crippen molar-refractivity contribution >= 4 is 39.2 Å². The number of nitrogens with zero attached hydrogens (tertiary/aromatic N) is 1. The molecule has 0 saturated carbocycles. The molecule has 1 aromatic rings. The molecule has 0 aliphatic rings. The molecule has 0 saturated heterocycles. The van der Waals surface area contributed by atoms with Crippen molar-refractivity contribution in [1.82, 2.24) is 0 Å². The number of nitro groups is 1. The summed E-state index contributed by atoms with van der Waals surface area (Å²) in [5.74, 6) is -1.13. The number of aliphatic carboxylic acids is 1. The van der Waals surface area contributed by atoms with Gasteiger partial charge in [0.25, 0.3) is 5.69 Å². The number of hydrogen-bond donors (Lipinski definition) is 1. The van der Waals surface area contributed by atoms with Crippen molar-refractivity contribution in [3.05, 3.63) is 38.4 Å². The average molecular weight is 309 g/mol. The van der Waals surface area contributed by atoms with Crippen LogP contribution in [0.15, 0.2) is 12.1 Å². The molecular formula is C9H7BrClNO4. The van der Waals surface area contributed by atoms with E-state index in [1.54, 1.807) is 6.07 Å². The number of halogens is 2. The van der Waals surface area contributed by atoms with Crippen molar-refractivity contribution in [2.45, 2.75) is 11.8 Å². The number of carboxylic acids is 1. The van der Waals surface area contributed by atoms with E-state index in [4.69, 9.17) is 16.7 Å². The maximum Gasteiger partial charge on any atom is 0.308 e. The first kappa shape index (κ1) is 12.9. The van der Waals surface area contributed by atoms with E-state index in [0.717, 1.165) is 0 Å². The van der Waals surface area contributed by atoms with E-state index < -0.39 is 17.3 Å². The fourth-order valence-electron chi connectivity index (χ4n) is 1.32. The first-order valence-corrected chi connectivity index (χ1v) is 5.69. The molecule has 0 amide bonds. The highest BCUT2D eigenvalue weighted by Gasteiger charge is 2.23. The molecule has 0 radical (unpaired) electrons. The van der Waals surface area contributed by atoms with Crippen molar-refractivity contribution in [3.63, 3.8) is 0 Å². The van der Waals surface area contributed by atoms with Crippen molar-refractivity contribution in [2.24, 2.45) is 0 Å². The highest BCUT2D eigenvalue weighted by Crippen LogP contribution is 2.32. The van der Waals surface area contributed by atoms with Crippen LogP contribution in [0.2, 0.25) is 5.02 Å². The number of alkyl halides is 1. The molecule has 0 bridgehead atoms. The third-order valence-electron chi connectivity index (χ3n) is 1.99. The van der Waals surface area contributed by atoms with Crippen molar-refractivity contribution in [1.29, 1.82) is 0 Å². The second-order valence-electron chi connectivity index (χ2n) is 2.99. The average Bonchev–Trinajstić information content (AvgIpc) is 2.16. The van der Waals surface area contributed by atoms with E-state index in [1.807, 2.05) is 0 Å². The van der Waals surface area contributed by atoms with Crippen LogP contribution in [-0.2, 0) is 16.5 Å². The van der Waals surface area contributed by atoms with Gasteiger partial charge in [-0.3, -0.25) is 14.9 Å². The standard InChI is InChI=1S/C9H7BrClNO4/c10-4-5-1-2-7(11)9(12(15)16)6(5)3-8(13)14/h1-2H,3-4H2,(H,13,14). The molecule has 0 aromatic heterocycles. The van der Waals surface area contributed by atoms with E-state index in [0.29, 0.717) is 10.9 Å². The molecule has 1 aromatic carbocycles. The van der Waals surface area contributed by atoms with Gasteiger partial charge in [-0.25, -0.2) is 0 Å². The van der Waals surface area contributed by atoms with Crippen LogP contribution in [0.3, 0.4) is 0 Å². The van der Waals surface area contributed by atoms with E-state index in [1.165, 1.54) is 6.07 Å². The summed E-state index contributed by atoms with van der Waals surface area (Å²) >= 11 is 8.83. The van der Waals surface area contributed by atoms with E-state index in [-0.39, 0.29) is 16.3 Å². The largest absolute Gasteiger partial charge is 0.481 e. The molecule has 16 heavy (non-hydrogen) atoms. The van der Waals surface area contributed by atoms with Crippen LogP contribution in [0.25, 0.3) is 0 Å². The Bertz CT molecular complexity index is 449. The van der Waals surface area contributed by atoms with Gasteiger partial charge in [-0.2, -0.15) is 0 Å². The summed E-state index contributed by atoms with van der Waals surface area (Å²) < 4.78 is 0. The fourth-order valence-corrected chi connectivity index (χ4v) is 2.09. The number of carbonyl (C=O) groups is 1. The summed E-state index contributed by atoms with van der Waals surface area (Å²) in [4.78, 5) is 20.8. The second-order valence-corrected chi connectivity index (χ2v) is 3.96. The lowest BCUT2D eigenvalue weighted by atomic mass is 10.0. The fraction of sp³-hybridized carbons (Fsp3) is 0.222. The Balaban J connectivity index is 3.42. The van der Waals surface area contributed by atoms with Gasteiger partial charge in [0, 0.05) is 10.9 Å². The minimum atomic E-state index is -1.13. The summed E-state index contributed by atoms with van der Waals surface area (Å²) in [7, 11) is 0. The Kier molecular flexibility index (Phi) is 4.26. The molecule has 0 spiro atoms. The van der Waals surface area contributed by atoms with Gasteiger partial charge >= 0.3 is 5.97 Å². The van der Waals surface area contributed by atoms with Gasteiger partial charge in [0.05, 0.1) is 11.3 Å². The third kappa shape index (κ3) is 2.70. The molecule has 0 atom stereocenters. The molecule has 1 N–H and O–H groups in total. The molecule has 5 nitrogen and oxygen atoms in total. The van der Waals surface area contributed by atoms with Crippen LogP contribution in [0.1, 0.15) is 11.1 Å². The molecule has 0 unspecified atom stereocenters. The minimum Gasteiger partial charge on any atom is -0.481 e. The van der Waals surface area contributed by atoms with Crippen LogP contribution in [0, 0.1) is 10.1 Å². The van der Waals surface area contributed by atoms with Crippen molar-refractivity contribution < 1.29 is 14.8 Å². The van der Waals surface area contributed by atoms with Crippen molar-refractivity contribution in [3.8, 4) is 0 Å². The predicted octanol–water partition coefficient (Wildman–Crippen LogP) is 2.77. The van der Waals surface area contributed by atoms with Crippen LogP contribution >= 0.6 is 27.5 Å². The topological polar surface area (TPSA) is 80.4 Å². The van der Waals surface area contributed by atoms with Gasteiger partial charge in [0.1, 0.15) is 5.02 Å². The summed E-state index contributed by atoms with van der Waals surface area (Å²) in [5, 5.41) is 19.8. The van der Waals surface area contributed by atoms with Crippen LogP contribution in [0.4, 0.5) is 5.69 Å². The van der Waals surface area contributed by atoms with Gasteiger partial charge < -0.3 is 5.11 Å². The number of rotatable bonds is 4. The Morgan fingerprint density at radius 3 is 2.62 bits per heavy atom. The maximum atomic E-state index is 10.8. The van der Waals surface area contributed by atoms with Gasteiger partial charge in [-0.05, 0) is 11.6 Å². The summed E-state index contributed by atoms with van der Waals surface area (Å²) in [6.45, 7) is 0. The lowest BCUT2D eigenvalue weighted by Gasteiger charge is -2.07. The smallest absolute Gasteiger partial charge is 0.308 e. The second kappa shape index (κ2) is 5.27.